The van der Waals surface area contributed by atoms with Crippen LogP contribution < -0.4 is 5.73 Å². The van der Waals surface area contributed by atoms with Crippen molar-refractivity contribution in [2.45, 2.75) is 52.1 Å². The molecule has 0 aromatic heterocycles. The van der Waals surface area contributed by atoms with Crippen molar-refractivity contribution in [1.82, 2.24) is 4.90 Å². The van der Waals surface area contributed by atoms with Crippen LogP contribution in [-0.4, -0.2) is 42.0 Å². The van der Waals surface area contributed by atoms with Gasteiger partial charge in [0.2, 0.25) is 5.91 Å². The van der Waals surface area contributed by atoms with E-state index in [0.29, 0.717) is 19.6 Å². The van der Waals surface area contributed by atoms with E-state index >= 15 is 0 Å². The standard InChI is InChI=1S/C13H24N2O3/c1-4-18-13(17)10-7-5-6-8-15(10)12(16)11(14)9(2)3/h9-11H,4-8,14H2,1-3H3. The highest BCUT2D eigenvalue weighted by Gasteiger charge is 2.35. The number of esters is 1. The Kier molecular flexibility index (Phi) is 5.59. The molecule has 1 aliphatic heterocycles. The van der Waals surface area contributed by atoms with Crippen LogP contribution in [0.1, 0.15) is 40.0 Å². The minimum Gasteiger partial charge on any atom is -0.464 e. The summed E-state index contributed by atoms with van der Waals surface area (Å²) < 4.78 is 5.03. The lowest BCUT2D eigenvalue weighted by Gasteiger charge is -2.36. The molecule has 18 heavy (non-hydrogen) atoms. The van der Waals surface area contributed by atoms with Gasteiger partial charge in [0.1, 0.15) is 6.04 Å². The molecular weight excluding hydrogens is 232 g/mol. The van der Waals surface area contributed by atoms with Gasteiger partial charge < -0.3 is 15.4 Å². The van der Waals surface area contributed by atoms with Crippen LogP contribution in [0.3, 0.4) is 0 Å². The number of ether oxygens (including phenoxy) is 1. The quantitative estimate of drug-likeness (QED) is 0.759. The number of hydrogen-bond acceptors (Lipinski definition) is 4. The molecule has 1 rings (SSSR count). The van der Waals surface area contributed by atoms with E-state index in [9.17, 15) is 9.59 Å². The fourth-order valence-corrected chi connectivity index (χ4v) is 2.16. The lowest BCUT2D eigenvalue weighted by Crippen LogP contribution is -2.55. The largest absolute Gasteiger partial charge is 0.464 e. The zero-order valence-corrected chi connectivity index (χ0v) is 11.5. The molecule has 5 nitrogen and oxygen atoms in total. The summed E-state index contributed by atoms with van der Waals surface area (Å²) in [4.78, 5) is 25.7. The smallest absolute Gasteiger partial charge is 0.328 e. The second-order valence-electron chi connectivity index (χ2n) is 5.07. The third-order valence-electron chi connectivity index (χ3n) is 3.35. The third-order valence-corrected chi connectivity index (χ3v) is 3.35. The number of rotatable bonds is 4. The van der Waals surface area contributed by atoms with Gasteiger partial charge in [0.05, 0.1) is 12.6 Å². The Balaban J connectivity index is 2.76. The monoisotopic (exact) mass is 256 g/mol. The summed E-state index contributed by atoms with van der Waals surface area (Å²) in [5.41, 5.74) is 5.88. The summed E-state index contributed by atoms with van der Waals surface area (Å²) in [5, 5.41) is 0. The highest BCUT2D eigenvalue weighted by molar-refractivity contribution is 5.87. The molecule has 0 radical (unpaired) electrons. The molecular formula is C13H24N2O3. The molecule has 5 heteroatoms. The Morgan fingerprint density at radius 2 is 2.06 bits per heavy atom. The zero-order chi connectivity index (χ0) is 13.7. The van der Waals surface area contributed by atoms with Crippen molar-refractivity contribution >= 4 is 11.9 Å². The van der Waals surface area contributed by atoms with Crippen molar-refractivity contribution in [3.8, 4) is 0 Å². The molecule has 2 N–H and O–H groups in total. The van der Waals surface area contributed by atoms with Crippen LogP contribution in [0.15, 0.2) is 0 Å². The van der Waals surface area contributed by atoms with Crippen LogP contribution in [0.2, 0.25) is 0 Å². The molecule has 2 atom stereocenters. The number of piperidine rings is 1. The van der Waals surface area contributed by atoms with Crippen molar-refractivity contribution in [2.75, 3.05) is 13.2 Å². The minimum absolute atomic E-state index is 0.0715. The van der Waals surface area contributed by atoms with E-state index in [1.807, 2.05) is 13.8 Å². The van der Waals surface area contributed by atoms with Crippen molar-refractivity contribution in [1.29, 1.82) is 0 Å². The number of carbonyl (C=O) groups excluding carboxylic acids is 2. The number of nitrogens with two attached hydrogens (primary N) is 1. The van der Waals surface area contributed by atoms with Crippen LogP contribution in [0.4, 0.5) is 0 Å². The lowest BCUT2D eigenvalue weighted by atomic mass is 9.98. The van der Waals surface area contributed by atoms with E-state index in [2.05, 4.69) is 0 Å². The Morgan fingerprint density at radius 3 is 2.61 bits per heavy atom. The second kappa shape index (κ2) is 6.73. The molecule has 0 aromatic rings. The number of hydrogen-bond donors (Lipinski definition) is 1. The Labute approximate surface area is 109 Å². The molecule has 1 heterocycles. The Morgan fingerprint density at radius 1 is 1.39 bits per heavy atom. The molecule has 0 aromatic carbocycles. The van der Waals surface area contributed by atoms with Crippen molar-refractivity contribution in [2.24, 2.45) is 11.7 Å². The van der Waals surface area contributed by atoms with Crippen LogP contribution in [0.25, 0.3) is 0 Å². The average Bonchev–Trinajstić information content (AvgIpc) is 2.37. The number of nitrogens with zero attached hydrogens (tertiary/aromatic N) is 1. The fourth-order valence-electron chi connectivity index (χ4n) is 2.16. The second-order valence-corrected chi connectivity index (χ2v) is 5.07. The van der Waals surface area contributed by atoms with Gasteiger partial charge in [-0.1, -0.05) is 13.8 Å². The molecule has 1 amide bonds. The molecule has 0 aliphatic carbocycles. The summed E-state index contributed by atoms with van der Waals surface area (Å²) >= 11 is 0. The van der Waals surface area contributed by atoms with E-state index in [1.54, 1.807) is 11.8 Å². The van der Waals surface area contributed by atoms with Gasteiger partial charge in [-0.3, -0.25) is 4.79 Å². The van der Waals surface area contributed by atoms with Crippen LogP contribution in [-0.2, 0) is 14.3 Å². The fraction of sp³-hybridized carbons (Fsp3) is 0.846. The summed E-state index contributed by atoms with van der Waals surface area (Å²) in [7, 11) is 0. The van der Waals surface area contributed by atoms with Gasteiger partial charge in [0.15, 0.2) is 0 Å². The highest BCUT2D eigenvalue weighted by atomic mass is 16.5. The van der Waals surface area contributed by atoms with E-state index in [1.165, 1.54) is 0 Å². The summed E-state index contributed by atoms with van der Waals surface area (Å²) in [6.45, 7) is 6.53. The van der Waals surface area contributed by atoms with Crippen molar-refractivity contribution < 1.29 is 14.3 Å². The molecule has 1 fully saturated rings. The summed E-state index contributed by atoms with van der Waals surface area (Å²) in [5.74, 6) is -0.369. The molecule has 104 valence electrons. The maximum absolute atomic E-state index is 12.3. The number of carbonyl (C=O) groups is 2. The minimum atomic E-state index is -0.542. The van der Waals surface area contributed by atoms with E-state index in [4.69, 9.17) is 10.5 Å². The first-order valence-electron chi connectivity index (χ1n) is 6.71. The van der Waals surface area contributed by atoms with Gasteiger partial charge in [-0.25, -0.2) is 4.79 Å². The summed E-state index contributed by atoms with van der Waals surface area (Å²) in [6, 6.07) is -0.990. The van der Waals surface area contributed by atoms with Crippen LogP contribution in [0.5, 0.6) is 0 Å². The van der Waals surface area contributed by atoms with E-state index in [0.717, 1.165) is 12.8 Å². The normalized spacial score (nSPS) is 21.8. The SMILES string of the molecule is CCOC(=O)C1CCCCN1C(=O)C(N)C(C)C. The average molecular weight is 256 g/mol. The van der Waals surface area contributed by atoms with Crippen LogP contribution in [0, 0.1) is 5.92 Å². The van der Waals surface area contributed by atoms with E-state index < -0.39 is 12.1 Å². The van der Waals surface area contributed by atoms with Gasteiger partial charge in [-0.05, 0) is 32.1 Å². The molecule has 2 unspecified atom stereocenters. The predicted molar refractivity (Wildman–Crippen MR) is 68.8 cm³/mol. The molecule has 1 aliphatic rings. The lowest BCUT2D eigenvalue weighted by molar-refractivity contribution is -0.157. The van der Waals surface area contributed by atoms with Gasteiger partial charge in [-0.15, -0.1) is 0 Å². The van der Waals surface area contributed by atoms with Gasteiger partial charge in [0, 0.05) is 6.54 Å². The molecule has 0 saturated carbocycles. The van der Waals surface area contributed by atoms with Crippen molar-refractivity contribution in [3.63, 3.8) is 0 Å². The Hall–Kier alpha value is -1.10. The highest BCUT2D eigenvalue weighted by Crippen LogP contribution is 2.20. The first-order chi connectivity index (χ1) is 8.49. The zero-order valence-electron chi connectivity index (χ0n) is 11.5. The summed E-state index contributed by atoms with van der Waals surface area (Å²) in [6.07, 6.45) is 2.55. The van der Waals surface area contributed by atoms with Gasteiger partial charge >= 0.3 is 5.97 Å². The third kappa shape index (κ3) is 3.45. The van der Waals surface area contributed by atoms with Crippen LogP contribution >= 0.6 is 0 Å². The van der Waals surface area contributed by atoms with E-state index in [-0.39, 0.29) is 17.8 Å². The Bertz CT molecular complexity index is 305. The number of amides is 1. The predicted octanol–water partition coefficient (Wildman–Crippen LogP) is 0.914. The van der Waals surface area contributed by atoms with Gasteiger partial charge in [0.25, 0.3) is 0 Å². The molecule has 0 spiro atoms. The molecule has 0 bridgehead atoms. The first kappa shape index (κ1) is 15.0. The maximum Gasteiger partial charge on any atom is 0.328 e. The maximum atomic E-state index is 12.3. The first-order valence-corrected chi connectivity index (χ1v) is 6.71. The molecule has 1 saturated heterocycles. The van der Waals surface area contributed by atoms with Gasteiger partial charge in [-0.2, -0.15) is 0 Å². The topological polar surface area (TPSA) is 72.6 Å². The number of likely N-dealkylation sites (tertiary alicyclic amines) is 1. The van der Waals surface area contributed by atoms with Crippen molar-refractivity contribution in [3.05, 3.63) is 0 Å².